The first-order valence-electron chi connectivity index (χ1n) is 12.0. The SMILES string of the molecule is CC(CC(=O)N[C@@H](C)C(=O)N[C@@H]1CN(C)c2ccccc2C(c2ccccc2)=N1)c1ccccc1. The molecule has 2 N–H and O–H groups in total. The highest BCUT2D eigenvalue weighted by Gasteiger charge is 2.26. The molecule has 2 amide bonds. The van der Waals surface area contributed by atoms with Gasteiger partial charge in [0.25, 0.3) is 0 Å². The summed E-state index contributed by atoms with van der Waals surface area (Å²) in [5.74, 6) is -0.340. The second kappa shape index (κ2) is 11.0. The van der Waals surface area contributed by atoms with Crippen molar-refractivity contribution in [3.8, 4) is 0 Å². The van der Waals surface area contributed by atoms with Gasteiger partial charge in [-0.1, -0.05) is 85.8 Å². The Bertz CT molecular complexity index is 1190. The number of carbonyl (C=O) groups excluding carboxylic acids is 2. The highest BCUT2D eigenvalue weighted by atomic mass is 16.2. The van der Waals surface area contributed by atoms with Gasteiger partial charge in [-0.05, 0) is 24.5 Å². The molecular formula is C29H32N4O2. The van der Waals surface area contributed by atoms with E-state index >= 15 is 0 Å². The van der Waals surface area contributed by atoms with E-state index in [1.54, 1.807) is 6.92 Å². The van der Waals surface area contributed by atoms with E-state index in [9.17, 15) is 9.59 Å². The number of aliphatic imine (C=N–C) groups is 1. The molecule has 6 nitrogen and oxygen atoms in total. The van der Waals surface area contributed by atoms with E-state index in [2.05, 4.69) is 27.7 Å². The molecule has 3 aromatic rings. The van der Waals surface area contributed by atoms with Crippen LogP contribution in [0.25, 0.3) is 0 Å². The van der Waals surface area contributed by atoms with E-state index in [1.165, 1.54) is 0 Å². The lowest BCUT2D eigenvalue weighted by Gasteiger charge is -2.24. The van der Waals surface area contributed by atoms with Crippen LogP contribution in [0.5, 0.6) is 0 Å². The molecule has 35 heavy (non-hydrogen) atoms. The summed E-state index contributed by atoms with van der Waals surface area (Å²) in [6.45, 7) is 4.24. The molecule has 0 saturated carbocycles. The van der Waals surface area contributed by atoms with Crippen LogP contribution in [0.2, 0.25) is 0 Å². The smallest absolute Gasteiger partial charge is 0.243 e. The molecule has 0 fully saturated rings. The number of hydrogen-bond donors (Lipinski definition) is 2. The predicted octanol–water partition coefficient (Wildman–Crippen LogP) is 4.11. The lowest BCUT2D eigenvalue weighted by Crippen LogP contribution is -2.50. The number of benzodiazepines with no additional fused rings is 1. The fraction of sp³-hybridized carbons (Fsp3) is 0.276. The first-order chi connectivity index (χ1) is 16.9. The van der Waals surface area contributed by atoms with Crippen molar-refractivity contribution in [2.75, 3.05) is 18.5 Å². The molecule has 3 atom stereocenters. The Labute approximate surface area is 207 Å². The van der Waals surface area contributed by atoms with Gasteiger partial charge in [0.15, 0.2) is 0 Å². The second-order valence-corrected chi connectivity index (χ2v) is 9.07. The molecular weight excluding hydrogens is 436 g/mol. The highest BCUT2D eigenvalue weighted by molar-refractivity contribution is 6.16. The maximum absolute atomic E-state index is 13.0. The summed E-state index contributed by atoms with van der Waals surface area (Å²) in [6, 6.07) is 27.3. The molecule has 4 rings (SSSR count). The third-order valence-corrected chi connectivity index (χ3v) is 6.29. The van der Waals surface area contributed by atoms with Crippen LogP contribution in [0.1, 0.15) is 42.9 Å². The molecule has 3 aromatic carbocycles. The maximum Gasteiger partial charge on any atom is 0.243 e. The average molecular weight is 469 g/mol. The molecule has 1 heterocycles. The summed E-state index contributed by atoms with van der Waals surface area (Å²) in [6.07, 6.45) is -0.142. The van der Waals surface area contributed by atoms with Gasteiger partial charge in [-0.3, -0.25) is 14.6 Å². The van der Waals surface area contributed by atoms with Crippen LogP contribution in [0.4, 0.5) is 5.69 Å². The summed E-state index contributed by atoms with van der Waals surface area (Å²) < 4.78 is 0. The van der Waals surface area contributed by atoms with Crippen molar-refractivity contribution in [3.63, 3.8) is 0 Å². The predicted molar refractivity (Wildman–Crippen MR) is 141 cm³/mol. The van der Waals surface area contributed by atoms with Crippen LogP contribution in [0.15, 0.2) is 89.9 Å². The van der Waals surface area contributed by atoms with Crippen molar-refractivity contribution < 1.29 is 9.59 Å². The average Bonchev–Trinajstić information content (AvgIpc) is 3.01. The van der Waals surface area contributed by atoms with Crippen molar-refractivity contribution in [1.29, 1.82) is 0 Å². The van der Waals surface area contributed by atoms with Crippen molar-refractivity contribution >= 4 is 23.2 Å². The highest BCUT2D eigenvalue weighted by Crippen LogP contribution is 2.26. The second-order valence-electron chi connectivity index (χ2n) is 9.07. The number of rotatable bonds is 7. The summed E-state index contributed by atoms with van der Waals surface area (Å²) >= 11 is 0. The number of para-hydroxylation sites is 1. The van der Waals surface area contributed by atoms with Crippen LogP contribution >= 0.6 is 0 Å². The number of nitrogens with zero attached hydrogens (tertiary/aromatic N) is 2. The van der Waals surface area contributed by atoms with Gasteiger partial charge >= 0.3 is 0 Å². The third-order valence-electron chi connectivity index (χ3n) is 6.29. The summed E-state index contributed by atoms with van der Waals surface area (Å²) in [5, 5.41) is 5.87. The molecule has 0 spiro atoms. The lowest BCUT2D eigenvalue weighted by atomic mass is 9.97. The van der Waals surface area contributed by atoms with Gasteiger partial charge in [0.05, 0.1) is 12.3 Å². The Hall–Kier alpha value is -3.93. The molecule has 1 aliphatic rings. The zero-order chi connectivity index (χ0) is 24.8. The molecule has 0 radical (unpaired) electrons. The normalized spacial score (nSPS) is 16.8. The van der Waals surface area contributed by atoms with Crippen LogP contribution in [-0.4, -0.2) is 43.3 Å². The summed E-state index contributed by atoms with van der Waals surface area (Å²) in [4.78, 5) is 32.7. The number of fused-ring (bicyclic) bond motifs is 1. The van der Waals surface area contributed by atoms with Crippen LogP contribution in [0.3, 0.4) is 0 Å². The molecule has 0 aliphatic carbocycles. The Morgan fingerprint density at radius 1 is 0.943 bits per heavy atom. The van der Waals surface area contributed by atoms with Gasteiger partial charge < -0.3 is 15.5 Å². The van der Waals surface area contributed by atoms with E-state index in [0.29, 0.717) is 13.0 Å². The summed E-state index contributed by atoms with van der Waals surface area (Å²) in [7, 11) is 2.00. The molecule has 0 aromatic heterocycles. The first-order valence-corrected chi connectivity index (χ1v) is 12.0. The molecule has 180 valence electrons. The van der Waals surface area contributed by atoms with E-state index in [4.69, 9.17) is 4.99 Å². The van der Waals surface area contributed by atoms with E-state index in [0.717, 1.165) is 28.1 Å². The quantitative estimate of drug-likeness (QED) is 0.548. The largest absolute Gasteiger partial charge is 0.370 e. The zero-order valence-electron chi connectivity index (χ0n) is 20.4. The van der Waals surface area contributed by atoms with E-state index in [1.807, 2.05) is 86.8 Å². The lowest BCUT2D eigenvalue weighted by molar-refractivity contribution is -0.129. The molecule has 6 heteroatoms. The molecule has 1 aliphatic heterocycles. The fourth-order valence-electron chi connectivity index (χ4n) is 4.37. The van der Waals surface area contributed by atoms with E-state index in [-0.39, 0.29) is 17.7 Å². The zero-order valence-corrected chi connectivity index (χ0v) is 20.4. The minimum Gasteiger partial charge on any atom is -0.370 e. The Morgan fingerprint density at radius 3 is 2.29 bits per heavy atom. The van der Waals surface area contributed by atoms with Gasteiger partial charge in [-0.15, -0.1) is 0 Å². The van der Waals surface area contributed by atoms with Crippen LogP contribution in [-0.2, 0) is 9.59 Å². The minimum atomic E-state index is -0.670. The molecule has 1 unspecified atom stereocenters. The summed E-state index contributed by atoms with van der Waals surface area (Å²) in [5.41, 5.74) is 5.01. The first kappa shape index (κ1) is 24.2. The number of anilines is 1. The number of hydrogen-bond acceptors (Lipinski definition) is 4. The standard InChI is InChI=1S/C29H32N4O2/c1-20(22-12-6-4-7-13-22)18-27(34)30-21(2)29(35)32-26-19-33(3)25-17-11-10-16-24(25)28(31-26)23-14-8-5-9-15-23/h4-17,20-21,26H,18-19H2,1-3H3,(H,30,34)(H,32,35)/t20?,21-,26+/m0/s1. The monoisotopic (exact) mass is 468 g/mol. The number of amides is 2. The van der Waals surface area contributed by atoms with Crippen LogP contribution in [0, 0.1) is 0 Å². The topological polar surface area (TPSA) is 73.8 Å². The van der Waals surface area contributed by atoms with Gasteiger partial charge in [0, 0.05) is 30.3 Å². The number of benzene rings is 3. The van der Waals surface area contributed by atoms with Crippen molar-refractivity contribution in [2.45, 2.75) is 38.4 Å². The Morgan fingerprint density at radius 2 is 1.57 bits per heavy atom. The number of nitrogens with one attached hydrogen (secondary N) is 2. The van der Waals surface area contributed by atoms with Crippen molar-refractivity contribution in [3.05, 3.63) is 102 Å². The molecule has 0 bridgehead atoms. The Balaban J connectivity index is 1.46. The number of carbonyl (C=O) groups is 2. The maximum atomic E-state index is 13.0. The van der Waals surface area contributed by atoms with Gasteiger partial charge in [-0.25, -0.2) is 0 Å². The van der Waals surface area contributed by atoms with Crippen molar-refractivity contribution in [1.82, 2.24) is 10.6 Å². The molecule has 0 saturated heterocycles. The van der Waals surface area contributed by atoms with Crippen LogP contribution < -0.4 is 15.5 Å². The van der Waals surface area contributed by atoms with Gasteiger partial charge in [0.1, 0.15) is 12.2 Å². The third kappa shape index (κ3) is 5.96. The minimum absolute atomic E-state index is 0.0681. The van der Waals surface area contributed by atoms with Gasteiger partial charge in [0.2, 0.25) is 11.8 Å². The fourth-order valence-corrected chi connectivity index (χ4v) is 4.37. The van der Waals surface area contributed by atoms with E-state index < -0.39 is 12.2 Å². The number of likely N-dealkylation sites (N-methyl/N-ethyl adjacent to an activating group) is 1. The van der Waals surface area contributed by atoms with Gasteiger partial charge in [-0.2, -0.15) is 0 Å². The Kier molecular flexibility index (Phi) is 7.60. The van der Waals surface area contributed by atoms with Crippen molar-refractivity contribution in [2.24, 2.45) is 4.99 Å².